The lowest BCUT2D eigenvalue weighted by molar-refractivity contribution is 0.182. The molecule has 1 unspecified atom stereocenters. The molecule has 0 radical (unpaired) electrons. The standard InChI is InChI=1S/C10H17N3OS/c1-15-10(12-8-11)13-6-4-2-3-5-9(13)7-14/h9,14H,2-7H2,1H3. The lowest BCUT2D eigenvalue weighted by Crippen LogP contribution is -2.40. The summed E-state index contributed by atoms with van der Waals surface area (Å²) in [5.74, 6) is 0. The number of aliphatic hydroxyl groups excluding tert-OH is 1. The summed E-state index contributed by atoms with van der Waals surface area (Å²) in [5.41, 5.74) is 0. The van der Waals surface area contributed by atoms with Gasteiger partial charge in [-0.25, -0.2) is 0 Å². The third kappa shape index (κ3) is 3.40. The molecule has 15 heavy (non-hydrogen) atoms. The van der Waals surface area contributed by atoms with Crippen LogP contribution in [0.2, 0.25) is 0 Å². The van der Waals surface area contributed by atoms with E-state index in [9.17, 15) is 5.11 Å². The van der Waals surface area contributed by atoms with E-state index >= 15 is 0 Å². The van der Waals surface area contributed by atoms with Gasteiger partial charge in [0.1, 0.15) is 0 Å². The molecule has 1 aliphatic rings. The lowest BCUT2D eigenvalue weighted by Gasteiger charge is -2.29. The molecule has 1 fully saturated rings. The summed E-state index contributed by atoms with van der Waals surface area (Å²) in [6, 6.07) is 0.132. The SMILES string of the molecule is CSC(=NC#N)N1CCCCCC1CO. The number of likely N-dealkylation sites (tertiary alicyclic amines) is 1. The van der Waals surface area contributed by atoms with Crippen molar-refractivity contribution in [3.8, 4) is 6.19 Å². The highest BCUT2D eigenvalue weighted by molar-refractivity contribution is 8.13. The van der Waals surface area contributed by atoms with Crippen molar-refractivity contribution in [2.75, 3.05) is 19.4 Å². The minimum atomic E-state index is 0.132. The first-order valence-electron chi connectivity index (χ1n) is 5.21. The van der Waals surface area contributed by atoms with Gasteiger partial charge in [0.05, 0.1) is 12.6 Å². The summed E-state index contributed by atoms with van der Waals surface area (Å²) in [4.78, 5) is 5.88. The molecule has 0 aromatic carbocycles. The van der Waals surface area contributed by atoms with Gasteiger partial charge in [0, 0.05) is 6.54 Å². The largest absolute Gasteiger partial charge is 0.394 e. The summed E-state index contributed by atoms with van der Waals surface area (Å²) in [7, 11) is 0. The molecule has 1 aliphatic heterocycles. The normalized spacial score (nSPS) is 23.4. The third-order valence-corrected chi connectivity index (χ3v) is 3.35. The molecule has 84 valence electrons. The van der Waals surface area contributed by atoms with Crippen LogP contribution in [-0.2, 0) is 0 Å². The summed E-state index contributed by atoms with van der Waals surface area (Å²) in [6.45, 7) is 1.04. The Morgan fingerprint density at radius 3 is 3.00 bits per heavy atom. The minimum absolute atomic E-state index is 0.132. The number of rotatable bonds is 1. The molecule has 1 N–H and O–H groups in total. The number of aliphatic hydroxyl groups is 1. The third-order valence-electron chi connectivity index (χ3n) is 2.66. The van der Waals surface area contributed by atoms with E-state index in [1.807, 2.05) is 12.4 Å². The van der Waals surface area contributed by atoms with Gasteiger partial charge >= 0.3 is 0 Å². The van der Waals surface area contributed by atoms with Gasteiger partial charge in [-0.1, -0.05) is 24.6 Å². The van der Waals surface area contributed by atoms with Crippen LogP contribution in [0.4, 0.5) is 0 Å². The van der Waals surface area contributed by atoms with Gasteiger partial charge in [-0.3, -0.25) is 0 Å². The zero-order chi connectivity index (χ0) is 11.1. The number of aliphatic imine (C=N–C) groups is 1. The molecule has 0 aromatic heterocycles. The van der Waals surface area contributed by atoms with E-state index < -0.39 is 0 Å². The molecule has 4 nitrogen and oxygen atoms in total. The maximum atomic E-state index is 9.31. The Balaban J connectivity index is 2.77. The summed E-state index contributed by atoms with van der Waals surface area (Å²) >= 11 is 1.47. The molecular formula is C10H17N3OS. The van der Waals surface area contributed by atoms with Gasteiger partial charge in [0.25, 0.3) is 0 Å². The molecule has 0 saturated carbocycles. The van der Waals surface area contributed by atoms with Crippen molar-refractivity contribution < 1.29 is 5.11 Å². The second kappa shape index (κ2) is 6.70. The zero-order valence-electron chi connectivity index (χ0n) is 9.02. The van der Waals surface area contributed by atoms with E-state index in [2.05, 4.69) is 9.89 Å². The van der Waals surface area contributed by atoms with E-state index in [0.29, 0.717) is 0 Å². The van der Waals surface area contributed by atoms with E-state index in [1.54, 1.807) is 0 Å². The van der Waals surface area contributed by atoms with Gasteiger partial charge < -0.3 is 10.0 Å². The Morgan fingerprint density at radius 1 is 1.60 bits per heavy atom. The second-order valence-corrected chi connectivity index (χ2v) is 4.35. The van der Waals surface area contributed by atoms with Crippen LogP contribution in [0, 0.1) is 11.5 Å². The lowest BCUT2D eigenvalue weighted by atomic mass is 10.1. The highest BCUT2D eigenvalue weighted by atomic mass is 32.2. The van der Waals surface area contributed by atoms with E-state index in [0.717, 1.165) is 31.0 Å². The molecule has 0 amide bonds. The average Bonchev–Trinajstić information content (AvgIpc) is 2.50. The number of hydrogen-bond acceptors (Lipinski definition) is 4. The summed E-state index contributed by atoms with van der Waals surface area (Å²) in [5, 5.41) is 18.6. The second-order valence-electron chi connectivity index (χ2n) is 3.58. The average molecular weight is 227 g/mol. The molecule has 0 aromatic rings. The van der Waals surface area contributed by atoms with E-state index in [4.69, 9.17) is 5.26 Å². The van der Waals surface area contributed by atoms with Crippen molar-refractivity contribution in [3.63, 3.8) is 0 Å². The van der Waals surface area contributed by atoms with Crippen LogP contribution >= 0.6 is 11.8 Å². The number of nitriles is 1. The van der Waals surface area contributed by atoms with Crippen LogP contribution in [0.1, 0.15) is 25.7 Å². The quantitative estimate of drug-likeness (QED) is 0.418. The fraction of sp³-hybridized carbons (Fsp3) is 0.800. The monoisotopic (exact) mass is 227 g/mol. The van der Waals surface area contributed by atoms with Gasteiger partial charge in [-0.05, 0) is 19.1 Å². The van der Waals surface area contributed by atoms with E-state index in [-0.39, 0.29) is 12.6 Å². The Labute approximate surface area is 95.0 Å². The van der Waals surface area contributed by atoms with Crippen molar-refractivity contribution in [2.24, 2.45) is 4.99 Å². The molecule has 0 aliphatic carbocycles. The summed E-state index contributed by atoms with van der Waals surface area (Å²) < 4.78 is 0. The number of amidine groups is 1. The molecule has 1 heterocycles. The molecule has 1 atom stereocenters. The van der Waals surface area contributed by atoms with Gasteiger partial charge in [-0.2, -0.15) is 5.26 Å². The topological polar surface area (TPSA) is 59.6 Å². The van der Waals surface area contributed by atoms with E-state index in [1.165, 1.54) is 18.2 Å². The highest BCUT2D eigenvalue weighted by Gasteiger charge is 2.22. The van der Waals surface area contributed by atoms with Crippen LogP contribution in [0.3, 0.4) is 0 Å². The van der Waals surface area contributed by atoms with Crippen LogP contribution in [0.15, 0.2) is 4.99 Å². The van der Waals surface area contributed by atoms with Crippen LogP contribution in [0.25, 0.3) is 0 Å². The molecule has 1 saturated heterocycles. The van der Waals surface area contributed by atoms with Crippen LogP contribution in [-0.4, -0.2) is 40.6 Å². The Bertz CT molecular complexity index is 262. The molecule has 5 heteroatoms. The van der Waals surface area contributed by atoms with Gasteiger partial charge in [0.15, 0.2) is 5.17 Å². The Morgan fingerprint density at radius 2 is 2.40 bits per heavy atom. The van der Waals surface area contributed by atoms with Crippen molar-refractivity contribution in [1.82, 2.24) is 4.90 Å². The first-order valence-corrected chi connectivity index (χ1v) is 6.44. The first kappa shape index (κ1) is 12.3. The van der Waals surface area contributed by atoms with Crippen molar-refractivity contribution >= 4 is 16.9 Å². The van der Waals surface area contributed by atoms with Gasteiger partial charge in [-0.15, -0.1) is 4.99 Å². The van der Waals surface area contributed by atoms with Crippen LogP contribution in [0.5, 0.6) is 0 Å². The number of nitrogens with zero attached hydrogens (tertiary/aromatic N) is 3. The molecule has 0 spiro atoms. The Hall–Kier alpha value is -0.730. The number of thioether (sulfide) groups is 1. The van der Waals surface area contributed by atoms with Crippen LogP contribution < -0.4 is 0 Å². The van der Waals surface area contributed by atoms with Crippen molar-refractivity contribution in [3.05, 3.63) is 0 Å². The minimum Gasteiger partial charge on any atom is -0.394 e. The van der Waals surface area contributed by atoms with Crippen molar-refractivity contribution in [2.45, 2.75) is 31.7 Å². The van der Waals surface area contributed by atoms with Crippen molar-refractivity contribution in [1.29, 1.82) is 5.26 Å². The maximum Gasteiger partial charge on any atom is 0.208 e. The molecular weight excluding hydrogens is 210 g/mol. The zero-order valence-corrected chi connectivity index (χ0v) is 9.83. The molecule has 1 rings (SSSR count). The fourth-order valence-electron chi connectivity index (χ4n) is 1.89. The fourth-order valence-corrected chi connectivity index (χ4v) is 2.50. The highest BCUT2D eigenvalue weighted by Crippen LogP contribution is 2.20. The predicted octanol–water partition coefficient (Wildman–Crippen LogP) is 1.42. The maximum absolute atomic E-state index is 9.31. The first-order chi connectivity index (χ1) is 7.33. The summed E-state index contributed by atoms with van der Waals surface area (Å²) in [6.07, 6.45) is 8.18. The van der Waals surface area contributed by atoms with Gasteiger partial charge in [0.2, 0.25) is 6.19 Å². The number of hydrogen-bond donors (Lipinski definition) is 1. The Kier molecular flexibility index (Phi) is 5.51. The predicted molar refractivity (Wildman–Crippen MR) is 62.6 cm³/mol. The molecule has 0 bridgehead atoms. The smallest absolute Gasteiger partial charge is 0.208 e.